The van der Waals surface area contributed by atoms with Crippen LogP contribution < -0.4 is 5.73 Å². The highest BCUT2D eigenvalue weighted by atomic mass is 35.5. The SMILES string of the molecule is NC(=O)CN1CCC2(CC1)CO[C@@H](Cc1cccc(Cl)c1)C2. The van der Waals surface area contributed by atoms with Crippen molar-refractivity contribution in [3.05, 3.63) is 34.9 Å². The number of hydrogen-bond acceptors (Lipinski definition) is 3. The molecule has 1 spiro atoms. The fraction of sp³-hybridized carbons (Fsp3) is 0.588. The van der Waals surface area contributed by atoms with Gasteiger partial charge in [-0.15, -0.1) is 0 Å². The normalized spacial score (nSPS) is 24.7. The first-order valence-corrected chi connectivity index (χ1v) is 8.29. The second kappa shape index (κ2) is 6.57. The molecule has 2 saturated heterocycles. The maximum atomic E-state index is 11.0. The Kier molecular flexibility index (Phi) is 4.71. The van der Waals surface area contributed by atoms with Gasteiger partial charge in [-0.25, -0.2) is 0 Å². The number of likely N-dealkylation sites (tertiary alicyclic amines) is 1. The summed E-state index contributed by atoms with van der Waals surface area (Å²) in [7, 11) is 0. The molecule has 2 fully saturated rings. The summed E-state index contributed by atoms with van der Waals surface area (Å²) in [6.45, 7) is 3.10. The molecule has 0 saturated carbocycles. The fourth-order valence-corrected chi connectivity index (χ4v) is 3.92. The van der Waals surface area contributed by atoms with Gasteiger partial charge in [0, 0.05) is 5.02 Å². The Hall–Kier alpha value is -1.10. The predicted octanol–water partition coefficient (Wildman–Crippen LogP) is 2.24. The molecule has 3 rings (SSSR count). The Labute approximate surface area is 136 Å². The van der Waals surface area contributed by atoms with E-state index in [9.17, 15) is 4.79 Å². The van der Waals surface area contributed by atoms with Crippen LogP contribution in [0.1, 0.15) is 24.8 Å². The molecule has 22 heavy (non-hydrogen) atoms. The van der Waals surface area contributed by atoms with Gasteiger partial charge in [-0.2, -0.15) is 0 Å². The van der Waals surface area contributed by atoms with Crippen molar-refractivity contribution < 1.29 is 9.53 Å². The van der Waals surface area contributed by atoms with Gasteiger partial charge in [0.25, 0.3) is 0 Å². The quantitative estimate of drug-likeness (QED) is 0.925. The average molecular weight is 323 g/mol. The third-order valence-electron chi connectivity index (χ3n) is 4.93. The zero-order valence-electron chi connectivity index (χ0n) is 12.8. The lowest BCUT2D eigenvalue weighted by atomic mass is 9.76. The smallest absolute Gasteiger partial charge is 0.231 e. The average Bonchev–Trinajstić information content (AvgIpc) is 2.84. The maximum absolute atomic E-state index is 11.0. The molecule has 1 amide bonds. The van der Waals surface area contributed by atoms with Crippen molar-refractivity contribution in [2.75, 3.05) is 26.2 Å². The van der Waals surface area contributed by atoms with Crippen LogP contribution in [0.3, 0.4) is 0 Å². The van der Waals surface area contributed by atoms with Gasteiger partial charge in [0.2, 0.25) is 5.91 Å². The molecule has 0 aromatic heterocycles. The lowest BCUT2D eigenvalue weighted by Crippen LogP contribution is -2.44. The van der Waals surface area contributed by atoms with E-state index in [4.69, 9.17) is 22.1 Å². The number of piperidine rings is 1. The monoisotopic (exact) mass is 322 g/mol. The molecule has 1 atom stereocenters. The van der Waals surface area contributed by atoms with E-state index in [1.165, 1.54) is 5.56 Å². The van der Waals surface area contributed by atoms with Crippen LogP contribution in [0.15, 0.2) is 24.3 Å². The van der Waals surface area contributed by atoms with Gasteiger partial charge in [-0.3, -0.25) is 9.69 Å². The summed E-state index contributed by atoms with van der Waals surface area (Å²) in [5, 5.41) is 0.782. The van der Waals surface area contributed by atoms with Crippen LogP contribution >= 0.6 is 11.6 Å². The molecule has 1 aromatic carbocycles. The van der Waals surface area contributed by atoms with Crippen LogP contribution in [0.25, 0.3) is 0 Å². The standard InChI is InChI=1S/C17H23ClN2O2/c18-14-3-1-2-13(8-14)9-15-10-17(12-22-15)4-6-20(7-5-17)11-16(19)21/h1-3,8,15H,4-7,9-12H2,(H2,19,21)/t15-/m0/s1. The maximum Gasteiger partial charge on any atom is 0.231 e. The van der Waals surface area contributed by atoms with Crippen molar-refractivity contribution in [2.24, 2.45) is 11.1 Å². The Morgan fingerprint density at radius 2 is 2.18 bits per heavy atom. The summed E-state index contributed by atoms with van der Waals surface area (Å²) in [5.74, 6) is -0.238. The summed E-state index contributed by atoms with van der Waals surface area (Å²) in [5.41, 5.74) is 6.80. The molecule has 2 N–H and O–H groups in total. The number of ether oxygens (including phenoxy) is 1. The Morgan fingerprint density at radius 1 is 1.41 bits per heavy atom. The van der Waals surface area contributed by atoms with E-state index in [0.717, 1.165) is 50.4 Å². The Morgan fingerprint density at radius 3 is 2.86 bits per heavy atom. The predicted molar refractivity (Wildman–Crippen MR) is 86.8 cm³/mol. The summed E-state index contributed by atoms with van der Waals surface area (Å²) in [6.07, 6.45) is 4.48. The number of rotatable bonds is 4. The molecular formula is C17H23ClN2O2. The molecule has 0 unspecified atom stereocenters. The molecule has 0 radical (unpaired) electrons. The number of halogens is 1. The number of amides is 1. The highest BCUT2D eigenvalue weighted by Crippen LogP contribution is 2.42. The summed E-state index contributed by atoms with van der Waals surface area (Å²) < 4.78 is 6.05. The number of primary amides is 1. The molecule has 0 bridgehead atoms. The van der Waals surface area contributed by atoms with E-state index >= 15 is 0 Å². The lowest BCUT2D eigenvalue weighted by Gasteiger charge is -2.37. The van der Waals surface area contributed by atoms with E-state index in [1.807, 2.05) is 18.2 Å². The molecular weight excluding hydrogens is 300 g/mol. The van der Waals surface area contributed by atoms with Crippen molar-refractivity contribution in [3.63, 3.8) is 0 Å². The van der Waals surface area contributed by atoms with Gasteiger partial charge in [0.15, 0.2) is 0 Å². The summed E-state index contributed by atoms with van der Waals surface area (Å²) >= 11 is 6.05. The number of nitrogens with two attached hydrogens (primary N) is 1. The number of benzene rings is 1. The first-order chi connectivity index (χ1) is 10.5. The first-order valence-electron chi connectivity index (χ1n) is 7.91. The highest BCUT2D eigenvalue weighted by molar-refractivity contribution is 6.30. The van der Waals surface area contributed by atoms with Crippen LogP contribution in [0, 0.1) is 5.41 Å². The zero-order valence-corrected chi connectivity index (χ0v) is 13.5. The number of nitrogens with zero attached hydrogens (tertiary/aromatic N) is 1. The number of carbonyl (C=O) groups is 1. The van der Waals surface area contributed by atoms with Crippen LogP contribution in [-0.4, -0.2) is 43.2 Å². The summed E-state index contributed by atoms with van der Waals surface area (Å²) in [4.78, 5) is 13.2. The number of carbonyl (C=O) groups excluding carboxylic acids is 1. The van der Waals surface area contributed by atoms with Gasteiger partial charge in [0.1, 0.15) is 0 Å². The molecule has 2 aliphatic rings. The van der Waals surface area contributed by atoms with E-state index in [2.05, 4.69) is 11.0 Å². The van der Waals surface area contributed by atoms with E-state index in [0.29, 0.717) is 6.54 Å². The number of hydrogen-bond donors (Lipinski definition) is 1. The minimum atomic E-state index is -0.238. The van der Waals surface area contributed by atoms with Gasteiger partial charge in [-0.1, -0.05) is 23.7 Å². The van der Waals surface area contributed by atoms with Gasteiger partial charge >= 0.3 is 0 Å². The molecule has 5 heteroatoms. The molecule has 2 aliphatic heterocycles. The highest BCUT2D eigenvalue weighted by Gasteiger charge is 2.42. The molecule has 1 aromatic rings. The van der Waals surface area contributed by atoms with Gasteiger partial charge in [-0.05, 0) is 61.9 Å². The van der Waals surface area contributed by atoms with Crippen molar-refractivity contribution in [1.82, 2.24) is 4.90 Å². The largest absolute Gasteiger partial charge is 0.377 e. The van der Waals surface area contributed by atoms with Crippen LogP contribution in [-0.2, 0) is 16.0 Å². The van der Waals surface area contributed by atoms with Crippen molar-refractivity contribution in [1.29, 1.82) is 0 Å². The van der Waals surface area contributed by atoms with Gasteiger partial charge < -0.3 is 10.5 Å². The van der Waals surface area contributed by atoms with Gasteiger partial charge in [0.05, 0.1) is 19.3 Å². The first kappa shape index (κ1) is 15.8. The van der Waals surface area contributed by atoms with E-state index < -0.39 is 0 Å². The Bertz CT molecular complexity index is 541. The molecule has 120 valence electrons. The van der Waals surface area contributed by atoms with E-state index in [1.54, 1.807) is 0 Å². The third-order valence-corrected chi connectivity index (χ3v) is 5.17. The fourth-order valence-electron chi connectivity index (χ4n) is 3.71. The van der Waals surface area contributed by atoms with Crippen molar-refractivity contribution in [2.45, 2.75) is 31.8 Å². The van der Waals surface area contributed by atoms with Crippen molar-refractivity contribution >= 4 is 17.5 Å². The lowest BCUT2D eigenvalue weighted by molar-refractivity contribution is -0.119. The zero-order chi connectivity index (χ0) is 15.6. The summed E-state index contributed by atoms with van der Waals surface area (Å²) in [6, 6.07) is 8.02. The van der Waals surface area contributed by atoms with Crippen LogP contribution in [0.2, 0.25) is 5.02 Å². The molecule has 2 heterocycles. The topological polar surface area (TPSA) is 55.6 Å². The Balaban J connectivity index is 1.53. The minimum Gasteiger partial charge on any atom is -0.377 e. The second-order valence-corrected chi connectivity index (χ2v) is 7.15. The molecule has 0 aliphatic carbocycles. The van der Waals surface area contributed by atoms with Crippen LogP contribution in [0.4, 0.5) is 0 Å². The van der Waals surface area contributed by atoms with E-state index in [-0.39, 0.29) is 17.4 Å². The van der Waals surface area contributed by atoms with Crippen molar-refractivity contribution in [3.8, 4) is 0 Å². The third kappa shape index (κ3) is 3.80. The minimum absolute atomic E-state index is 0.238. The second-order valence-electron chi connectivity index (χ2n) is 6.71. The van der Waals surface area contributed by atoms with Crippen LogP contribution in [0.5, 0.6) is 0 Å². The molecule has 4 nitrogen and oxygen atoms in total.